The SMILES string of the molecule is O=C(O)c1csc(CN2C(=O)CC3(CCCC3)CC2=O)n1. The third kappa shape index (κ3) is 2.70. The molecular formula is C14H16N2O4S. The first kappa shape index (κ1) is 14.2. The summed E-state index contributed by atoms with van der Waals surface area (Å²) in [6.07, 6.45) is 4.95. The van der Waals surface area contributed by atoms with Gasteiger partial charge in [-0.3, -0.25) is 14.5 Å². The topological polar surface area (TPSA) is 87.6 Å². The Morgan fingerprint density at radius 2 is 1.90 bits per heavy atom. The molecule has 0 unspecified atom stereocenters. The number of carbonyl (C=O) groups excluding carboxylic acids is 2. The molecule has 0 radical (unpaired) electrons. The lowest BCUT2D eigenvalue weighted by Crippen LogP contribution is -2.46. The lowest BCUT2D eigenvalue weighted by molar-refractivity contribution is -0.154. The highest BCUT2D eigenvalue weighted by molar-refractivity contribution is 7.09. The fourth-order valence-corrected chi connectivity index (χ4v) is 4.06. The number of imide groups is 1. The van der Waals surface area contributed by atoms with Crippen LogP contribution in [-0.2, 0) is 16.1 Å². The van der Waals surface area contributed by atoms with E-state index in [4.69, 9.17) is 5.11 Å². The fraction of sp³-hybridized carbons (Fsp3) is 0.571. The molecule has 0 atom stereocenters. The maximum atomic E-state index is 12.3. The van der Waals surface area contributed by atoms with E-state index in [1.165, 1.54) is 10.3 Å². The summed E-state index contributed by atoms with van der Waals surface area (Å²) in [7, 11) is 0. The number of nitrogens with zero attached hydrogens (tertiary/aromatic N) is 2. The summed E-state index contributed by atoms with van der Waals surface area (Å²) in [6, 6.07) is 0. The second-order valence-corrected chi connectivity index (χ2v) is 6.81. The van der Waals surface area contributed by atoms with Gasteiger partial charge in [0.25, 0.3) is 0 Å². The molecule has 1 N–H and O–H groups in total. The van der Waals surface area contributed by atoms with Gasteiger partial charge in [0.2, 0.25) is 11.8 Å². The Morgan fingerprint density at radius 3 is 2.43 bits per heavy atom. The fourth-order valence-electron chi connectivity index (χ4n) is 3.31. The average molecular weight is 308 g/mol. The quantitative estimate of drug-likeness (QED) is 0.863. The highest BCUT2D eigenvalue weighted by Crippen LogP contribution is 2.47. The zero-order chi connectivity index (χ0) is 15.0. The molecule has 0 bridgehead atoms. The number of hydrogen-bond acceptors (Lipinski definition) is 5. The molecule has 1 aliphatic heterocycles. The van der Waals surface area contributed by atoms with Crippen molar-refractivity contribution >= 4 is 29.1 Å². The van der Waals surface area contributed by atoms with E-state index in [0.29, 0.717) is 17.8 Å². The van der Waals surface area contributed by atoms with E-state index in [1.807, 2.05) is 0 Å². The summed E-state index contributed by atoms with van der Waals surface area (Å²) in [5.74, 6) is -1.40. The molecule has 112 valence electrons. The molecule has 2 aliphatic rings. The molecule has 3 rings (SSSR count). The number of likely N-dealkylation sites (tertiary alicyclic amines) is 1. The normalized spacial score (nSPS) is 21.2. The van der Waals surface area contributed by atoms with Crippen LogP contribution in [0, 0.1) is 5.41 Å². The van der Waals surface area contributed by atoms with Crippen LogP contribution in [0.5, 0.6) is 0 Å². The van der Waals surface area contributed by atoms with Gasteiger partial charge in [-0.15, -0.1) is 11.3 Å². The van der Waals surface area contributed by atoms with Gasteiger partial charge in [-0.1, -0.05) is 12.8 Å². The van der Waals surface area contributed by atoms with Crippen LogP contribution in [0.2, 0.25) is 0 Å². The Balaban J connectivity index is 1.72. The molecule has 0 aromatic carbocycles. The van der Waals surface area contributed by atoms with E-state index in [-0.39, 0.29) is 29.5 Å². The second kappa shape index (κ2) is 5.22. The van der Waals surface area contributed by atoms with Crippen molar-refractivity contribution in [1.29, 1.82) is 0 Å². The summed E-state index contributed by atoms with van der Waals surface area (Å²) in [4.78, 5) is 40.5. The van der Waals surface area contributed by atoms with Crippen molar-refractivity contribution < 1.29 is 19.5 Å². The average Bonchev–Trinajstić information content (AvgIpc) is 3.04. The third-order valence-electron chi connectivity index (χ3n) is 4.38. The number of aromatic carboxylic acids is 1. The number of aromatic nitrogens is 1. The van der Waals surface area contributed by atoms with E-state index in [0.717, 1.165) is 37.0 Å². The first-order valence-corrected chi connectivity index (χ1v) is 7.88. The van der Waals surface area contributed by atoms with Gasteiger partial charge in [0.15, 0.2) is 5.69 Å². The predicted octanol–water partition coefficient (Wildman–Crippen LogP) is 2.05. The van der Waals surface area contributed by atoms with E-state index in [1.54, 1.807) is 0 Å². The molecule has 2 fully saturated rings. The molecule has 1 aromatic heterocycles. The molecule has 2 heterocycles. The Bertz CT molecular complexity index is 584. The highest BCUT2D eigenvalue weighted by atomic mass is 32.1. The van der Waals surface area contributed by atoms with Crippen molar-refractivity contribution in [2.24, 2.45) is 5.41 Å². The van der Waals surface area contributed by atoms with Gasteiger partial charge in [0, 0.05) is 18.2 Å². The van der Waals surface area contributed by atoms with Gasteiger partial charge < -0.3 is 5.11 Å². The van der Waals surface area contributed by atoms with Gasteiger partial charge in [-0.05, 0) is 18.3 Å². The Hall–Kier alpha value is -1.76. The molecule has 7 heteroatoms. The molecule has 21 heavy (non-hydrogen) atoms. The molecule has 1 aromatic rings. The Morgan fingerprint density at radius 1 is 1.29 bits per heavy atom. The van der Waals surface area contributed by atoms with E-state index < -0.39 is 5.97 Å². The lowest BCUT2D eigenvalue weighted by atomic mass is 9.76. The largest absolute Gasteiger partial charge is 0.476 e. The number of thiazole rings is 1. The van der Waals surface area contributed by atoms with Crippen LogP contribution in [-0.4, -0.2) is 32.8 Å². The predicted molar refractivity (Wildman–Crippen MR) is 74.8 cm³/mol. The van der Waals surface area contributed by atoms with E-state index in [9.17, 15) is 14.4 Å². The second-order valence-electron chi connectivity index (χ2n) is 5.87. The van der Waals surface area contributed by atoms with Crippen LogP contribution in [0.1, 0.15) is 54.0 Å². The molecule has 2 amide bonds. The Labute approximate surface area is 125 Å². The van der Waals surface area contributed by atoms with Crippen LogP contribution in [0.15, 0.2) is 5.38 Å². The number of carboxylic acids is 1. The highest BCUT2D eigenvalue weighted by Gasteiger charge is 2.45. The number of piperidine rings is 1. The van der Waals surface area contributed by atoms with Gasteiger partial charge >= 0.3 is 5.97 Å². The summed E-state index contributed by atoms with van der Waals surface area (Å²) in [5, 5.41) is 10.8. The van der Waals surface area contributed by atoms with Gasteiger partial charge in [0.05, 0.1) is 6.54 Å². The molecular weight excluding hydrogens is 292 g/mol. The number of carbonyl (C=O) groups is 3. The van der Waals surface area contributed by atoms with Crippen LogP contribution in [0.4, 0.5) is 0 Å². The van der Waals surface area contributed by atoms with Crippen molar-refractivity contribution in [2.45, 2.75) is 45.1 Å². The maximum absolute atomic E-state index is 12.3. The summed E-state index contributed by atoms with van der Waals surface area (Å²) in [5.41, 5.74) is -0.154. The number of rotatable bonds is 3. The molecule has 1 saturated heterocycles. The minimum absolute atomic E-state index is 0.0424. The smallest absolute Gasteiger partial charge is 0.355 e. The van der Waals surface area contributed by atoms with E-state index in [2.05, 4.69) is 4.98 Å². The summed E-state index contributed by atoms with van der Waals surface area (Å²) < 4.78 is 0. The van der Waals surface area contributed by atoms with Crippen molar-refractivity contribution in [3.05, 3.63) is 16.1 Å². The first-order valence-electron chi connectivity index (χ1n) is 7.00. The van der Waals surface area contributed by atoms with Crippen molar-refractivity contribution in [2.75, 3.05) is 0 Å². The van der Waals surface area contributed by atoms with Crippen molar-refractivity contribution in [1.82, 2.24) is 9.88 Å². The molecule has 1 aliphatic carbocycles. The van der Waals surface area contributed by atoms with Gasteiger partial charge in [-0.25, -0.2) is 9.78 Å². The maximum Gasteiger partial charge on any atom is 0.355 e. The molecule has 6 nitrogen and oxygen atoms in total. The van der Waals surface area contributed by atoms with Crippen LogP contribution < -0.4 is 0 Å². The molecule has 1 saturated carbocycles. The standard InChI is InChI=1S/C14H16N2O4S/c17-11-5-14(3-1-2-4-14)6-12(18)16(11)7-10-15-9(8-21-10)13(19)20/h8H,1-7H2,(H,19,20). The number of hydrogen-bond donors (Lipinski definition) is 1. The number of amides is 2. The van der Waals surface area contributed by atoms with Crippen molar-refractivity contribution in [3.63, 3.8) is 0 Å². The lowest BCUT2D eigenvalue weighted by Gasteiger charge is -2.36. The van der Waals surface area contributed by atoms with Crippen molar-refractivity contribution in [3.8, 4) is 0 Å². The van der Waals surface area contributed by atoms with Crippen LogP contribution in [0.3, 0.4) is 0 Å². The first-order chi connectivity index (χ1) is 9.99. The summed E-state index contributed by atoms with van der Waals surface area (Å²) in [6.45, 7) is 0.0890. The van der Waals surface area contributed by atoms with Crippen LogP contribution >= 0.6 is 11.3 Å². The number of carboxylic acid groups (broad SMARTS) is 1. The third-order valence-corrected chi connectivity index (χ3v) is 5.22. The van der Waals surface area contributed by atoms with Gasteiger partial charge in [-0.2, -0.15) is 0 Å². The summed E-state index contributed by atoms with van der Waals surface area (Å²) >= 11 is 1.16. The van der Waals surface area contributed by atoms with Gasteiger partial charge in [0.1, 0.15) is 5.01 Å². The zero-order valence-electron chi connectivity index (χ0n) is 11.5. The van der Waals surface area contributed by atoms with Crippen LogP contribution in [0.25, 0.3) is 0 Å². The van der Waals surface area contributed by atoms with E-state index >= 15 is 0 Å². The zero-order valence-corrected chi connectivity index (χ0v) is 12.3. The minimum atomic E-state index is -1.10. The Kier molecular flexibility index (Phi) is 3.52. The minimum Gasteiger partial charge on any atom is -0.476 e. The molecule has 1 spiro atoms. The monoisotopic (exact) mass is 308 g/mol.